The largest absolute Gasteiger partial charge is 0.383 e. The fourth-order valence-electron chi connectivity index (χ4n) is 1.36. The molecule has 0 aliphatic heterocycles. The molecule has 0 amide bonds. The summed E-state index contributed by atoms with van der Waals surface area (Å²) in [5.41, 5.74) is 4.00. The van der Waals surface area contributed by atoms with Gasteiger partial charge in [0.25, 0.3) is 0 Å². The second-order valence-electron chi connectivity index (χ2n) is 3.84. The molecular weight excluding hydrogens is 246 g/mol. The summed E-state index contributed by atoms with van der Waals surface area (Å²) in [5.74, 6) is 0.250. The molecule has 1 aromatic carbocycles. The van der Waals surface area contributed by atoms with Crippen molar-refractivity contribution in [2.45, 2.75) is 12.8 Å². The van der Waals surface area contributed by atoms with Gasteiger partial charge in [0.05, 0.1) is 6.61 Å². The molecule has 4 nitrogen and oxygen atoms in total. The number of hydrazone groups is 1. The van der Waals surface area contributed by atoms with Gasteiger partial charge in [0.1, 0.15) is 0 Å². The molecule has 1 atom stereocenters. The van der Waals surface area contributed by atoms with Gasteiger partial charge >= 0.3 is 0 Å². The Balaban J connectivity index is 2.30. The van der Waals surface area contributed by atoms with Gasteiger partial charge in [-0.3, -0.25) is 5.43 Å². The first-order valence-corrected chi connectivity index (χ1v) is 6.25. The highest BCUT2D eigenvalue weighted by Crippen LogP contribution is 2.11. The van der Waals surface area contributed by atoms with E-state index < -0.39 is 0 Å². The van der Waals surface area contributed by atoms with Gasteiger partial charge in [-0.1, -0.05) is 37.3 Å². The predicted octanol–water partition coefficient (Wildman–Crippen LogP) is 1.89. The molecular formula is C13H19N3OS. The smallest absolute Gasteiger partial charge is 0.187 e. The molecule has 0 fully saturated rings. The first kappa shape index (κ1) is 14.6. The predicted molar refractivity (Wildman–Crippen MR) is 79.0 cm³/mol. The average molecular weight is 265 g/mol. The number of nitrogens with zero attached hydrogens (tertiary/aromatic N) is 1. The highest BCUT2D eigenvalue weighted by atomic mass is 32.1. The SMILES string of the molecule is COCCNC(=S)N/N=C\[C@@H](C)c1ccccc1. The molecule has 0 heterocycles. The number of benzene rings is 1. The van der Waals surface area contributed by atoms with Crippen molar-refractivity contribution < 1.29 is 4.74 Å². The molecule has 1 aromatic rings. The van der Waals surface area contributed by atoms with Gasteiger partial charge in [-0.05, 0) is 17.8 Å². The molecule has 18 heavy (non-hydrogen) atoms. The van der Waals surface area contributed by atoms with Crippen molar-refractivity contribution >= 4 is 23.5 Å². The van der Waals surface area contributed by atoms with E-state index in [4.69, 9.17) is 17.0 Å². The summed E-state index contributed by atoms with van der Waals surface area (Å²) < 4.78 is 4.90. The number of nitrogens with one attached hydrogen (secondary N) is 2. The molecule has 0 aliphatic rings. The summed E-state index contributed by atoms with van der Waals surface area (Å²) in [5, 5.41) is 7.59. The molecule has 0 aromatic heterocycles. The van der Waals surface area contributed by atoms with Crippen molar-refractivity contribution in [3.05, 3.63) is 35.9 Å². The lowest BCUT2D eigenvalue weighted by molar-refractivity contribution is 0.204. The van der Waals surface area contributed by atoms with Crippen LogP contribution in [-0.2, 0) is 4.74 Å². The van der Waals surface area contributed by atoms with Crippen molar-refractivity contribution in [1.82, 2.24) is 10.7 Å². The first-order chi connectivity index (χ1) is 8.74. The summed E-state index contributed by atoms with van der Waals surface area (Å²) in [4.78, 5) is 0. The summed E-state index contributed by atoms with van der Waals surface area (Å²) >= 11 is 5.04. The molecule has 0 unspecified atom stereocenters. The zero-order valence-corrected chi connectivity index (χ0v) is 11.5. The maximum absolute atomic E-state index is 5.04. The lowest BCUT2D eigenvalue weighted by Crippen LogP contribution is -2.34. The Hall–Kier alpha value is -1.46. The van der Waals surface area contributed by atoms with E-state index in [1.165, 1.54) is 5.56 Å². The number of hydrogen-bond acceptors (Lipinski definition) is 3. The number of ether oxygens (including phenoxy) is 1. The van der Waals surface area contributed by atoms with Crippen molar-refractivity contribution in [2.24, 2.45) is 5.10 Å². The Kier molecular flexibility index (Phi) is 6.98. The Morgan fingerprint density at radius 3 is 2.83 bits per heavy atom. The van der Waals surface area contributed by atoms with Crippen LogP contribution >= 0.6 is 12.2 Å². The summed E-state index contributed by atoms with van der Waals surface area (Å²) in [6.45, 7) is 3.37. The van der Waals surface area contributed by atoms with Crippen LogP contribution in [0.15, 0.2) is 35.4 Å². The van der Waals surface area contributed by atoms with E-state index in [0.29, 0.717) is 18.3 Å². The monoisotopic (exact) mass is 265 g/mol. The molecule has 1 rings (SSSR count). The maximum atomic E-state index is 5.04. The summed E-state index contributed by atoms with van der Waals surface area (Å²) in [6.07, 6.45) is 1.83. The van der Waals surface area contributed by atoms with Gasteiger partial charge in [-0.2, -0.15) is 5.10 Å². The number of methoxy groups -OCH3 is 1. The van der Waals surface area contributed by atoms with E-state index in [-0.39, 0.29) is 5.92 Å². The van der Waals surface area contributed by atoms with Crippen LogP contribution in [0.1, 0.15) is 18.4 Å². The molecule has 0 bridgehead atoms. The molecule has 0 aliphatic carbocycles. The normalized spacial score (nSPS) is 12.3. The van der Waals surface area contributed by atoms with Gasteiger partial charge in [-0.15, -0.1) is 0 Å². The topological polar surface area (TPSA) is 45.6 Å². The second-order valence-corrected chi connectivity index (χ2v) is 4.25. The number of hydrogen-bond donors (Lipinski definition) is 2. The van der Waals surface area contributed by atoms with E-state index in [9.17, 15) is 0 Å². The van der Waals surface area contributed by atoms with E-state index >= 15 is 0 Å². The molecule has 2 N–H and O–H groups in total. The van der Waals surface area contributed by atoms with Crippen LogP contribution in [-0.4, -0.2) is 31.6 Å². The highest BCUT2D eigenvalue weighted by molar-refractivity contribution is 7.80. The molecule has 0 saturated heterocycles. The summed E-state index contributed by atoms with van der Waals surface area (Å²) in [7, 11) is 1.65. The van der Waals surface area contributed by atoms with Crippen LogP contribution in [0.3, 0.4) is 0 Å². The minimum absolute atomic E-state index is 0.250. The quantitative estimate of drug-likeness (QED) is 0.357. The van der Waals surface area contributed by atoms with Crippen molar-refractivity contribution in [2.75, 3.05) is 20.3 Å². The minimum atomic E-state index is 0.250. The minimum Gasteiger partial charge on any atom is -0.383 e. The van der Waals surface area contributed by atoms with E-state index in [0.717, 1.165) is 0 Å². The third-order valence-corrected chi connectivity index (χ3v) is 2.62. The van der Waals surface area contributed by atoms with Gasteiger partial charge < -0.3 is 10.1 Å². The number of thiocarbonyl (C=S) groups is 1. The summed E-state index contributed by atoms with van der Waals surface area (Å²) in [6, 6.07) is 10.2. The Morgan fingerprint density at radius 2 is 2.17 bits per heavy atom. The van der Waals surface area contributed by atoms with Crippen molar-refractivity contribution in [3.8, 4) is 0 Å². The lowest BCUT2D eigenvalue weighted by Gasteiger charge is -2.07. The zero-order chi connectivity index (χ0) is 13.2. The van der Waals surface area contributed by atoms with Crippen molar-refractivity contribution in [1.29, 1.82) is 0 Å². The van der Waals surface area contributed by atoms with Crippen LogP contribution in [0.25, 0.3) is 0 Å². The fourth-order valence-corrected chi connectivity index (χ4v) is 1.51. The van der Waals surface area contributed by atoms with E-state index in [1.807, 2.05) is 24.4 Å². The first-order valence-electron chi connectivity index (χ1n) is 5.85. The molecule has 0 saturated carbocycles. The molecule has 98 valence electrons. The van der Waals surface area contributed by atoms with Crippen LogP contribution in [0.5, 0.6) is 0 Å². The zero-order valence-electron chi connectivity index (χ0n) is 10.7. The Labute approximate surface area is 113 Å². The average Bonchev–Trinajstić information content (AvgIpc) is 2.40. The molecule has 0 spiro atoms. The van der Waals surface area contributed by atoms with Gasteiger partial charge in [0.2, 0.25) is 0 Å². The van der Waals surface area contributed by atoms with Crippen LogP contribution < -0.4 is 10.7 Å². The van der Waals surface area contributed by atoms with Crippen molar-refractivity contribution in [3.63, 3.8) is 0 Å². The third-order valence-electron chi connectivity index (χ3n) is 2.38. The fraction of sp³-hybridized carbons (Fsp3) is 0.385. The van der Waals surface area contributed by atoms with Gasteiger partial charge in [0.15, 0.2) is 5.11 Å². The maximum Gasteiger partial charge on any atom is 0.187 e. The second kappa shape index (κ2) is 8.60. The van der Waals surface area contributed by atoms with E-state index in [2.05, 4.69) is 34.9 Å². The van der Waals surface area contributed by atoms with Gasteiger partial charge in [0, 0.05) is 25.8 Å². The molecule has 0 radical (unpaired) electrons. The van der Waals surface area contributed by atoms with Crippen LogP contribution in [0.4, 0.5) is 0 Å². The van der Waals surface area contributed by atoms with Crippen LogP contribution in [0, 0.1) is 0 Å². The van der Waals surface area contributed by atoms with Crippen LogP contribution in [0.2, 0.25) is 0 Å². The third kappa shape index (κ3) is 5.75. The van der Waals surface area contributed by atoms with E-state index in [1.54, 1.807) is 7.11 Å². The van der Waals surface area contributed by atoms with Gasteiger partial charge in [-0.25, -0.2) is 0 Å². The Bertz CT molecular complexity index is 381. The lowest BCUT2D eigenvalue weighted by atomic mass is 10.0. The molecule has 5 heteroatoms. The Morgan fingerprint density at radius 1 is 1.44 bits per heavy atom. The standard InChI is InChI=1S/C13H19N3OS/c1-11(12-6-4-3-5-7-12)10-15-16-13(18)14-8-9-17-2/h3-7,10-11H,8-9H2,1-2H3,(H2,14,16,18)/b15-10-/t11-/m1/s1. The number of rotatable bonds is 6. The highest BCUT2D eigenvalue weighted by Gasteiger charge is 2.00.